The van der Waals surface area contributed by atoms with Gasteiger partial charge >= 0.3 is 6.09 Å². The van der Waals surface area contributed by atoms with Crippen molar-refractivity contribution < 1.29 is 14.1 Å². The van der Waals surface area contributed by atoms with Gasteiger partial charge in [0.15, 0.2) is 5.76 Å². The van der Waals surface area contributed by atoms with Crippen LogP contribution in [0.3, 0.4) is 0 Å². The summed E-state index contributed by atoms with van der Waals surface area (Å²) in [5.74, 6) is 0.754. The summed E-state index contributed by atoms with van der Waals surface area (Å²) in [6, 6.07) is 11.2. The van der Waals surface area contributed by atoms with E-state index in [1.54, 1.807) is 29.1 Å². The first kappa shape index (κ1) is 27.0. The standard InChI is InChI=1S/C26H26Cl3N5O3S/c1-15(2)33-9-7-17(8-10-33)30-26(35)36-25-20(19-4-3-16(27)11-21(19)28)14-34(31-25)13-18-12-22(37-32-18)23-5-6-24(29)38-23/h3-6,11-12,14-15,17H,7-10,13H2,1-2H3,(H,30,35). The minimum Gasteiger partial charge on any atom is -0.389 e. The van der Waals surface area contributed by atoms with Crippen LogP contribution in [0, 0.1) is 0 Å². The number of hydrogen-bond acceptors (Lipinski definition) is 7. The van der Waals surface area contributed by atoms with E-state index in [2.05, 4.69) is 34.3 Å². The molecule has 0 spiro atoms. The molecule has 38 heavy (non-hydrogen) atoms. The maximum atomic E-state index is 12.9. The van der Waals surface area contributed by atoms with Crippen LogP contribution in [0.5, 0.6) is 5.88 Å². The van der Waals surface area contributed by atoms with Gasteiger partial charge in [-0.3, -0.25) is 4.68 Å². The molecule has 1 saturated heterocycles. The molecule has 200 valence electrons. The molecule has 1 fully saturated rings. The topological polar surface area (TPSA) is 85.4 Å². The number of benzene rings is 1. The van der Waals surface area contributed by atoms with Gasteiger partial charge in [-0.2, -0.15) is 0 Å². The van der Waals surface area contributed by atoms with E-state index in [1.165, 1.54) is 11.3 Å². The summed E-state index contributed by atoms with van der Waals surface area (Å²) in [5, 5.41) is 12.6. The van der Waals surface area contributed by atoms with E-state index in [0.29, 0.717) is 49.5 Å². The fourth-order valence-corrected chi connectivity index (χ4v) is 5.91. The van der Waals surface area contributed by atoms with Crippen LogP contribution < -0.4 is 10.1 Å². The molecule has 1 amide bonds. The van der Waals surface area contributed by atoms with Gasteiger partial charge in [0, 0.05) is 48.0 Å². The second kappa shape index (κ2) is 11.7. The van der Waals surface area contributed by atoms with E-state index in [9.17, 15) is 4.79 Å². The van der Waals surface area contributed by atoms with Crippen molar-refractivity contribution in [2.24, 2.45) is 0 Å². The number of carbonyl (C=O) groups is 1. The molecule has 1 aliphatic rings. The molecular formula is C26H26Cl3N5O3S. The summed E-state index contributed by atoms with van der Waals surface area (Å²) in [4.78, 5) is 16.1. The van der Waals surface area contributed by atoms with Crippen molar-refractivity contribution in [2.45, 2.75) is 45.3 Å². The zero-order chi connectivity index (χ0) is 26.8. The predicted octanol–water partition coefficient (Wildman–Crippen LogP) is 7.24. The number of amides is 1. The van der Waals surface area contributed by atoms with Crippen molar-refractivity contribution in [3.63, 3.8) is 0 Å². The maximum absolute atomic E-state index is 12.9. The predicted molar refractivity (Wildman–Crippen MR) is 151 cm³/mol. The number of piperidine rings is 1. The third-order valence-electron chi connectivity index (χ3n) is 6.42. The third-order valence-corrected chi connectivity index (χ3v) is 8.21. The molecule has 0 radical (unpaired) electrons. The summed E-state index contributed by atoms with van der Waals surface area (Å²) >= 11 is 20.0. The first-order chi connectivity index (χ1) is 18.2. The smallest absolute Gasteiger partial charge is 0.389 e. The fraction of sp³-hybridized carbons (Fsp3) is 0.346. The Hall–Kier alpha value is -2.56. The van der Waals surface area contributed by atoms with Crippen LogP contribution in [0.25, 0.3) is 21.8 Å². The SMILES string of the molecule is CC(C)N1CCC(NC(=O)Oc2nn(Cc3cc(-c4ccc(Cl)s4)on3)cc2-c2ccc(Cl)cc2Cl)CC1. The van der Waals surface area contributed by atoms with Gasteiger partial charge in [0.1, 0.15) is 5.69 Å². The van der Waals surface area contributed by atoms with Crippen LogP contribution >= 0.6 is 46.1 Å². The molecule has 5 rings (SSSR count). The highest BCUT2D eigenvalue weighted by Crippen LogP contribution is 2.36. The Morgan fingerprint density at radius 3 is 2.63 bits per heavy atom. The number of nitrogens with one attached hydrogen (secondary N) is 1. The summed E-state index contributed by atoms with van der Waals surface area (Å²) in [6.45, 7) is 6.51. The lowest BCUT2D eigenvalue weighted by Crippen LogP contribution is -2.47. The van der Waals surface area contributed by atoms with Crippen molar-refractivity contribution in [3.05, 3.63) is 62.7 Å². The minimum atomic E-state index is -0.553. The van der Waals surface area contributed by atoms with Crippen molar-refractivity contribution in [2.75, 3.05) is 13.1 Å². The highest BCUT2D eigenvalue weighted by atomic mass is 35.5. The molecule has 1 aromatic carbocycles. The number of ether oxygens (including phenoxy) is 1. The average molecular weight is 595 g/mol. The van der Waals surface area contributed by atoms with E-state index in [-0.39, 0.29) is 11.9 Å². The van der Waals surface area contributed by atoms with Crippen LogP contribution in [0.15, 0.2) is 47.1 Å². The summed E-state index contributed by atoms with van der Waals surface area (Å²) in [5.41, 5.74) is 1.85. The Bertz CT molecular complexity index is 1430. The van der Waals surface area contributed by atoms with E-state index in [1.807, 2.05) is 18.2 Å². The minimum absolute atomic E-state index is 0.0430. The van der Waals surface area contributed by atoms with Gasteiger partial charge in [0.25, 0.3) is 5.88 Å². The number of thiophene rings is 1. The zero-order valence-electron chi connectivity index (χ0n) is 20.8. The first-order valence-electron chi connectivity index (χ1n) is 12.2. The molecule has 8 nitrogen and oxygen atoms in total. The van der Waals surface area contributed by atoms with Gasteiger partial charge in [-0.15, -0.1) is 16.4 Å². The highest BCUT2D eigenvalue weighted by molar-refractivity contribution is 7.19. The number of hydrogen-bond donors (Lipinski definition) is 1. The van der Waals surface area contributed by atoms with Gasteiger partial charge in [0.05, 0.1) is 26.3 Å². The van der Waals surface area contributed by atoms with E-state index >= 15 is 0 Å². The van der Waals surface area contributed by atoms with Gasteiger partial charge in [-0.25, -0.2) is 4.79 Å². The quantitative estimate of drug-likeness (QED) is 0.243. The van der Waals surface area contributed by atoms with Crippen molar-refractivity contribution >= 4 is 52.2 Å². The molecule has 0 unspecified atom stereocenters. The second-order valence-electron chi connectivity index (χ2n) is 9.39. The highest BCUT2D eigenvalue weighted by Gasteiger charge is 2.24. The Morgan fingerprint density at radius 2 is 1.95 bits per heavy atom. The molecule has 0 bridgehead atoms. The number of halogens is 3. The first-order valence-corrected chi connectivity index (χ1v) is 14.2. The molecule has 12 heteroatoms. The summed E-state index contributed by atoms with van der Waals surface area (Å²) in [6.07, 6.45) is 2.93. The van der Waals surface area contributed by atoms with Gasteiger partial charge < -0.3 is 19.5 Å². The number of rotatable bonds is 7. The average Bonchev–Trinajstić information content (AvgIpc) is 3.60. The normalized spacial score (nSPS) is 14.8. The lowest BCUT2D eigenvalue weighted by Gasteiger charge is -2.34. The second-order valence-corrected chi connectivity index (χ2v) is 12.0. The lowest BCUT2D eigenvalue weighted by molar-refractivity contribution is 0.151. The maximum Gasteiger partial charge on any atom is 0.414 e. The lowest BCUT2D eigenvalue weighted by atomic mass is 10.0. The number of likely N-dealkylation sites (tertiary alicyclic amines) is 1. The fourth-order valence-electron chi connectivity index (χ4n) is 4.41. The molecule has 1 N–H and O–H groups in total. The van der Waals surface area contributed by atoms with Crippen LogP contribution in [0.2, 0.25) is 14.4 Å². The molecule has 0 saturated carbocycles. The van der Waals surface area contributed by atoms with Crippen molar-refractivity contribution in [3.8, 4) is 27.6 Å². The van der Waals surface area contributed by atoms with E-state index < -0.39 is 6.09 Å². The molecule has 4 aromatic rings. The number of carbonyl (C=O) groups excluding carboxylic acids is 1. The largest absolute Gasteiger partial charge is 0.414 e. The van der Waals surface area contributed by atoms with Crippen LogP contribution in [0.4, 0.5) is 4.79 Å². The molecule has 3 aromatic heterocycles. The van der Waals surface area contributed by atoms with E-state index in [4.69, 9.17) is 44.1 Å². The van der Waals surface area contributed by atoms with Gasteiger partial charge in [-0.1, -0.05) is 46.0 Å². The molecule has 0 aliphatic carbocycles. The molecule has 0 atom stereocenters. The Balaban J connectivity index is 1.34. The van der Waals surface area contributed by atoms with Crippen LogP contribution in [-0.4, -0.2) is 51.1 Å². The van der Waals surface area contributed by atoms with Gasteiger partial charge in [-0.05, 0) is 51.0 Å². The van der Waals surface area contributed by atoms with Crippen molar-refractivity contribution in [1.82, 2.24) is 25.2 Å². The third kappa shape index (κ3) is 6.35. The molecular weight excluding hydrogens is 569 g/mol. The van der Waals surface area contributed by atoms with E-state index in [0.717, 1.165) is 30.8 Å². The Labute approximate surface area is 239 Å². The van der Waals surface area contributed by atoms with Crippen LogP contribution in [0.1, 0.15) is 32.4 Å². The monoisotopic (exact) mass is 593 g/mol. The number of aromatic nitrogens is 3. The van der Waals surface area contributed by atoms with Crippen LogP contribution in [-0.2, 0) is 6.54 Å². The molecule has 1 aliphatic heterocycles. The zero-order valence-corrected chi connectivity index (χ0v) is 23.9. The summed E-state index contributed by atoms with van der Waals surface area (Å²) < 4.78 is 13.5. The number of nitrogens with zero attached hydrogens (tertiary/aromatic N) is 4. The molecule has 4 heterocycles. The van der Waals surface area contributed by atoms with Gasteiger partial charge in [0.2, 0.25) is 0 Å². The summed E-state index contributed by atoms with van der Waals surface area (Å²) in [7, 11) is 0. The van der Waals surface area contributed by atoms with Crippen molar-refractivity contribution in [1.29, 1.82) is 0 Å². The Morgan fingerprint density at radius 1 is 1.16 bits per heavy atom. The Kier molecular flexibility index (Phi) is 8.30.